The molecule has 0 N–H and O–H groups in total. The van der Waals surface area contributed by atoms with Gasteiger partial charge in [-0.1, -0.05) is 23.5 Å². The van der Waals surface area contributed by atoms with Crippen LogP contribution in [0.2, 0.25) is 0 Å². The monoisotopic (exact) mass is 372 g/mol. The summed E-state index contributed by atoms with van der Waals surface area (Å²) in [6.07, 6.45) is 2.54. The maximum absolute atomic E-state index is 5.88. The van der Waals surface area contributed by atoms with Crippen molar-refractivity contribution in [2.24, 2.45) is 7.05 Å². The number of thiazole rings is 1. The van der Waals surface area contributed by atoms with Crippen molar-refractivity contribution in [2.75, 3.05) is 25.2 Å². The van der Waals surface area contributed by atoms with Gasteiger partial charge in [-0.15, -0.1) is 0 Å². The fourth-order valence-corrected chi connectivity index (χ4v) is 4.45. The summed E-state index contributed by atoms with van der Waals surface area (Å²) in [6, 6.07) is 8.24. The summed E-state index contributed by atoms with van der Waals surface area (Å²) in [7, 11) is 3.64. The van der Waals surface area contributed by atoms with Gasteiger partial charge in [0.25, 0.3) is 0 Å². The fourth-order valence-electron chi connectivity index (χ4n) is 3.40. The number of anilines is 1. The summed E-state index contributed by atoms with van der Waals surface area (Å²) in [5.41, 5.74) is 3.22. The van der Waals surface area contributed by atoms with Crippen molar-refractivity contribution in [3.63, 3.8) is 0 Å². The van der Waals surface area contributed by atoms with Gasteiger partial charge in [0.1, 0.15) is 5.75 Å². The second kappa shape index (κ2) is 7.25. The minimum atomic E-state index is 0.277. The summed E-state index contributed by atoms with van der Waals surface area (Å²) < 4.78 is 14.2. The van der Waals surface area contributed by atoms with Crippen LogP contribution in [0.1, 0.15) is 24.1 Å². The number of fused-ring (bicyclic) bond motifs is 1. The van der Waals surface area contributed by atoms with E-state index in [1.54, 1.807) is 18.4 Å². The molecular formula is C19H24N4O2S. The van der Waals surface area contributed by atoms with Crippen molar-refractivity contribution in [3.05, 3.63) is 35.5 Å². The zero-order valence-electron chi connectivity index (χ0n) is 15.4. The average Bonchev–Trinajstić information content (AvgIpc) is 3.35. The number of hydrogen-bond donors (Lipinski definition) is 0. The number of ether oxygens (including phenoxy) is 2. The van der Waals surface area contributed by atoms with Crippen LogP contribution in [-0.4, -0.2) is 41.1 Å². The van der Waals surface area contributed by atoms with Crippen LogP contribution >= 0.6 is 11.3 Å². The highest BCUT2D eigenvalue weighted by Crippen LogP contribution is 2.32. The third-order valence-corrected chi connectivity index (χ3v) is 6.00. The van der Waals surface area contributed by atoms with Crippen molar-refractivity contribution in [1.29, 1.82) is 0 Å². The topological polar surface area (TPSA) is 52.4 Å². The molecule has 1 fully saturated rings. The molecule has 1 aromatic carbocycles. The Hall–Kier alpha value is -2.12. The van der Waals surface area contributed by atoms with Gasteiger partial charge in [-0.3, -0.25) is 0 Å². The highest BCUT2D eigenvalue weighted by atomic mass is 32.1. The quantitative estimate of drug-likeness (QED) is 0.662. The average molecular weight is 372 g/mol. The van der Waals surface area contributed by atoms with Gasteiger partial charge in [-0.25, -0.2) is 9.67 Å². The van der Waals surface area contributed by atoms with Crippen molar-refractivity contribution < 1.29 is 9.47 Å². The summed E-state index contributed by atoms with van der Waals surface area (Å²) in [4.78, 5) is 7.21. The molecular weight excluding hydrogens is 348 g/mol. The number of rotatable bonds is 6. The van der Waals surface area contributed by atoms with Gasteiger partial charge in [0.05, 0.1) is 23.6 Å². The molecule has 7 heteroatoms. The summed E-state index contributed by atoms with van der Waals surface area (Å²) in [5, 5.41) is 5.49. The lowest BCUT2D eigenvalue weighted by atomic mass is 10.2. The standard InChI is InChI=1S/C19H24N4O2S/c1-13-17-18(22(2)21-13)20-19(26-17)23(12-16-5-4-10-25-16)11-14-6-8-15(24-3)9-7-14/h6-9,16H,4-5,10-12H2,1-3H3. The number of methoxy groups -OCH3 is 1. The van der Waals surface area contributed by atoms with Crippen molar-refractivity contribution in [3.8, 4) is 5.75 Å². The molecule has 1 unspecified atom stereocenters. The molecule has 0 saturated carbocycles. The number of nitrogens with zero attached hydrogens (tertiary/aromatic N) is 4. The third kappa shape index (κ3) is 3.41. The van der Waals surface area contributed by atoms with Crippen LogP contribution in [-0.2, 0) is 18.3 Å². The molecule has 0 bridgehead atoms. The molecule has 0 amide bonds. The second-order valence-corrected chi connectivity index (χ2v) is 7.70. The molecule has 1 atom stereocenters. The van der Waals surface area contributed by atoms with E-state index in [0.717, 1.165) is 59.5 Å². The molecule has 1 aliphatic heterocycles. The zero-order chi connectivity index (χ0) is 18.1. The number of aryl methyl sites for hydroxylation is 2. The van der Waals surface area contributed by atoms with Crippen LogP contribution in [0.5, 0.6) is 5.75 Å². The molecule has 26 heavy (non-hydrogen) atoms. The van der Waals surface area contributed by atoms with Crippen LogP contribution in [0.15, 0.2) is 24.3 Å². The lowest BCUT2D eigenvalue weighted by Gasteiger charge is -2.25. The van der Waals surface area contributed by atoms with E-state index in [-0.39, 0.29) is 6.10 Å². The van der Waals surface area contributed by atoms with Crippen molar-refractivity contribution >= 4 is 26.8 Å². The van der Waals surface area contributed by atoms with Gasteiger partial charge in [-0.2, -0.15) is 5.10 Å². The Kier molecular flexibility index (Phi) is 4.82. The second-order valence-electron chi connectivity index (χ2n) is 6.72. The van der Waals surface area contributed by atoms with E-state index in [1.165, 1.54) is 5.56 Å². The smallest absolute Gasteiger partial charge is 0.188 e. The first-order valence-corrected chi connectivity index (χ1v) is 9.75. The summed E-state index contributed by atoms with van der Waals surface area (Å²) >= 11 is 1.71. The summed E-state index contributed by atoms with van der Waals surface area (Å²) in [5.74, 6) is 0.876. The predicted octanol–water partition coefficient (Wildman–Crippen LogP) is 3.53. The lowest BCUT2D eigenvalue weighted by Crippen LogP contribution is -2.31. The van der Waals surface area contributed by atoms with Crippen LogP contribution in [0.4, 0.5) is 5.13 Å². The predicted molar refractivity (Wildman–Crippen MR) is 104 cm³/mol. The lowest BCUT2D eigenvalue weighted by molar-refractivity contribution is 0.115. The first-order chi connectivity index (χ1) is 12.6. The molecule has 1 aliphatic rings. The van der Waals surface area contributed by atoms with Crippen LogP contribution in [0.25, 0.3) is 10.3 Å². The van der Waals surface area contributed by atoms with Crippen LogP contribution < -0.4 is 9.64 Å². The van der Waals surface area contributed by atoms with Gasteiger partial charge in [0.2, 0.25) is 0 Å². The molecule has 0 spiro atoms. The van der Waals surface area contributed by atoms with E-state index in [2.05, 4.69) is 22.1 Å². The van der Waals surface area contributed by atoms with Crippen LogP contribution in [0.3, 0.4) is 0 Å². The molecule has 3 heterocycles. The van der Waals surface area contributed by atoms with Gasteiger partial charge >= 0.3 is 0 Å². The molecule has 6 nitrogen and oxygen atoms in total. The number of aromatic nitrogens is 3. The molecule has 0 radical (unpaired) electrons. The fraction of sp³-hybridized carbons (Fsp3) is 0.474. The van der Waals surface area contributed by atoms with E-state index in [9.17, 15) is 0 Å². The zero-order valence-corrected chi connectivity index (χ0v) is 16.3. The highest BCUT2D eigenvalue weighted by molar-refractivity contribution is 7.22. The first kappa shape index (κ1) is 17.3. The molecule has 2 aromatic heterocycles. The SMILES string of the molecule is COc1ccc(CN(CC2CCCO2)c2nc3c(s2)c(C)nn3C)cc1. The van der Waals surface area contributed by atoms with Crippen molar-refractivity contribution in [1.82, 2.24) is 14.8 Å². The maximum Gasteiger partial charge on any atom is 0.188 e. The molecule has 3 aromatic rings. The van der Waals surface area contributed by atoms with E-state index in [4.69, 9.17) is 14.5 Å². The Morgan fingerprint density at radius 1 is 1.35 bits per heavy atom. The number of benzene rings is 1. The molecule has 4 rings (SSSR count). The maximum atomic E-state index is 5.88. The van der Waals surface area contributed by atoms with E-state index in [0.29, 0.717) is 0 Å². The summed E-state index contributed by atoms with van der Waals surface area (Å²) in [6.45, 7) is 4.57. The van der Waals surface area contributed by atoms with Gasteiger partial charge in [0.15, 0.2) is 10.8 Å². The molecule has 0 aliphatic carbocycles. The van der Waals surface area contributed by atoms with Gasteiger partial charge in [-0.05, 0) is 37.5 Å². The Balaban J connectivity index is 1.62. The van der Waals surface area contributed by atoms with Gasteiger partial charge < -0.3 is 14.4 Å². The van der Waals surface area contributed by atoms with E-state index >= 15 is 0 Å². The third-order valence-electron chi connectivity index (χ3n) is 4.78. The van der Waals surface area contributed by atoms with Gasteiger partial charge in [0, 0.05) is 26.7 Å². The number of hydrogen-bond acceptors (Lipinski definition) is 6. The van der Waals surface area contributed by atoms with E-state index < -0.39 is 0 Å². The normalized spacial score (nSPS) is 17.1. The highest BCUT2D eigenvalue weighted by Gasteiger charge is 2.23. The Morgan fingerprint density at radius 3 is 2.81 bits per heavy atom. The molecule has 138 valence electrons. The first-order valence-electron chi connectivity index (χ1n) is 8.93. The van der Waals surface area contributed by atoms with E-state index in [1.807, 2.05) is 30.8 Å². The largest absolute Gasteiger partial charge is 0.497 e. The Bertz CT molecular complexity index is 846. The minimum absolute atomic E-state index is 0.277. The Morgan fingerprint density at radius 2 is 2.15 bits per heavy atom. The van der Waals surface area contributed by atoms with Crippen molar-refractivity contribution in [2.45, 2.75) is 32.4 Å². The van der Waals surface area contributed by atoms with Crippen LogP contribution in [0, 0.1) is 6.92 Å². The Labute approximate surface area is 157 Å². The minimum Gasteiger partial charge on any atom is -0.497 e. The molecule has 1 saturated heterocycles.